The summed E-state index contributed by atoms with van der Waals surface area (Å²) in [6.07, 6.45) is 0. The fourth-order valence-corrected chi connectivity index (χ4v) is 6.89. The van der Waals surface area contributed by atoms with E-state index in [4.69, 9.17) is 0 Å². The highest BCUT2D eigenvalue weighted by atomic mass is 15.0. The van der Waals surface area contributed by atoms with Gasteiger partial charge in [0, 0.05) is 32.9 Å². The first kappa shape index (κ1) is 27.7. The van der Waals surface area contributed by atoms with E-state index in [9.17, 15) is 0 Å². The maximum atomic E-state index is 2.41. The lowest BCUT2D eigenvalue weighted by Crippen LogP contribution is -1.98. The first-order valence-corrected chi connectivity index (χ1v) is 16.1. The number of rotatable bonds is 4. The Morgan fingerprint density at radius 2 is 0.674 bits per heavy atom. The van der Waals surface area contributed by atoms with Crippen molar-refractivity contribution in [3.05, 3.63) is 170 Å². The topological polar surface area (TPSA) is 9.86 Å². The average Bonchev–Trinajstić information content (AvgIpc) is 3.65. The largest absolute Gasteiger partial charge is 0.309 e. The predicted molar refractivity (Wildman–Crippen MR) is 197 cm³/mol. The molecule has 0 radical (unpaired) electrons. The van der Waals surface area contributed by atoms with Crippen LogP contribution in [0.3, 0.4) is 0 Å². The SMILES string of the molecule is CC.c1ccc(-c2ccc3c(c2)c2ccccc2n3-c2cccc(-n3c4ccccc4c4cc(-c5ccccc5)ccc43)c2)cc1. The summed E-state index contributed by atoms with van der Waals surface area (Å²) in [5.74, 6) is 0. The van der Waals surface area contributed by atoms with Crippen LogP contribution in [0.4, 0.5) is 0 Å². The van der Waals surface area contributed by atoms with Gasteiger partial charge in [0.2, 0.25) is 0 Å². The van der Waals surface area contributed by atoms with Crippen molar-refractivity contribution in [2.75, 3.05) is 0 Å². The van der Waals surface area contributed by atoms with Gasteiger partial charge in [-0.3, -0.25) is 0 Å². The second kappa shape index (κ2) is 11.6. The van der Waals surface area contributed by atoms with E-state index in [1.54, 1.807) is 0 Å². The van der Waals surface area contributed by atoms with Crippen molar-refractivity contribution >= 4 is 43.6 Å². The van der Waals surface area contributed by atoms with Crippen molar-refractivity contribution in [2.45, 2.75) is 13.8 Å². The summed E-state index contributed by atoms with van der Waals surface area (Å²) in [4.78, 5) is 0. The Morgan fingerprint density at radius 1 is 0.283 bits per heavy atom. The Balaban J connectivity index is 0.00000153. The van der Waals surface area contributed by atoms with Gasteiger partial charge in [-0.2, -0.15) is 0 Å². The normalized spacial score (nSPS) is 11.3. The predicted octanol–water partition coefficient (Wildman–Crippen LogP) is 12.2. The van der Waals surface area contributed by atoms with Gasteiger partial charge < -0.3 is 9.13 Å². The van der Waals surface area contributed by atoms with Crippen LogP contribution in [-0.4, -0.2) is 9.13 Å². The summed E-state index contributed by atoms with van der Waals surface area (Å²) in [6.45, 7) is 4.00. The molecule has 0 aliphatic heterocycles. The number of hydrogen-bond acceptors (Lipinski definition) is 0. The number of hydrogen-bond donors (Lipinski definition) is 0. The maximum Gasteiger partial charge on any atom is 0.0541 e. The summed E-state index contributed by atoms with van der Waals surface area (Å²) < 4.78 is 4.81. The molecule has 7 aromatic carbocycles. The smallest absolute Gasteiger partial charge is 0.0541 e. The van der Waals surface area contributed by atoms with E-state index < -0.39 is 0 Å². The molecule has 0 atom stereocenters. The first-order chi connectivity index (χ1) is 22.8. The molecular weight excluding hydrogens is 556 g/mol. The molecule has 0 bridgehead atoms. The van der Waals surface area contributed by atoms with Crippen molar-refractivity contribution in [1.29, 1.82) is 0 Å². The summed E-state index contributed by atoms with van der Waals surface area (Å²) in [5.41, 5.74) is 12.0. The lowest BCUT2D eigenvalue weighted by Gasteiger charge is -2.13. The van der Waals surface area contributed by atoms with Crippen LogP contribution in [0.1, 0.15) is 13.8 Å². The van der Waals surface area contributed by atoms with E-state index in [1.165, 1.54) is 65.9 Å². The molecule has 2 nitrogen and oxygen atoms in total. The molecule has 9 aromatic rings. The molecule has 0 unspecified atom stereocenters. The summed E-state index contributed by atoms with van der Waals surface area (Å²) >= 11 is 0. The molecule has 0 aliphatic carbocycles. The van der Waals surface area contributed by atoms with Gasteiger partial charge in [-0.1, -0.05) is 129 Å². The molecule has 0 N–H and O–H groups in total. The van der Waals surface area contributed by atoms with Crippen LogP contribution >= 0.6 is 0 Å². The monoisotopic (exact) mass is 590 g/mol. The Labute approximate surface area is 269 Å². The third kappa shape index (κ3) is 4.50. The van der Waals surface area contributed by atoms with Gasteiger partial charge in [-0.25, -0.2) is 0 Å². The van der Waals surface area contributed by atoms with Crippen LogP contribution in [0.25, 0.3) is 77.2 Å². The summed E-state index contributed by atoms with van der Waals surface area (Å²) in [6, 6.07) is 61.4. The standard InChI is InChI=1S/C42H28N2.C2H6/c1-3-12-29(13-4-1)31-22-24-41-37(26-31)35-18-7-9-20-39(35)43(41)33-16-11-17-34(28-33)44-40-21-10-8-19-36(40)38-27-32(23-25-42(38)44)30-14-5-2-6-15-30;1-2/h1-28H;1-2H3. The molecular formula is C44H34N2. The highest BCUT2D eigenvalue weighted by Gasteiger charge is 2.16. The Morgan fingerprint density at radius 3 is 1.13 bits per heavy atom. The van der Waals surface area contributed by atoms with Crippen LogP contribution in [-0.2, 0) is 0 Å². The molecule has 0 fully saturated rings. The van der Waals surface area contributed by atoms with Crippen LogP contribution in [0.2, 0.25) is 0 Å². The van der Waals surface area contributed by atoms with Gasteiger partial charge in [0.05, 0.1) is 22.1 Å². The minimum atomic E-state index is 1.15. The van der Waals surface area contributed by atoms with Crippen molar-refractivity contribution in [2.24, 2.45) is 0 Å². The van der Waals surface area contributed by atoms with Crippen molar-refractivity contribution < 1.29 is 0 Å². The van der Waals surface area contributed by atoms with Gasteiger partial charge in [0.25, 0.3) is 0 Å². The molecule has 220 valence electrons. The van der Waals surface area contributed by atoms with E-state index in [2.05, 4.69) is 179 Å². The lowest BCUT2D eigenvalue weighted by atomic mass is 10.0. The van der Waals surface area contributed by atoms with Crippen LogP contribution in [0.15, 0.2) is 170 Å². The van der Waals surface area contributed by atoms with Gasteiger partial charge in [-0.05, 0) is 76.9 Å². The van der Waals surface area contributed by atoms with Crippen LogP contribution < -0.4 is 0 Å². The van der Waals surface area contributed by atoms with Crippen molar-refractivity contribution in [1.82, 2.24) is 9.13 Å². The molecule has 0 aliphatic rings. The highest BCUT2D eigenvalue weighted by Crippen LogP contribution is 2.38. The maximum absolute atomic E-state index is 2.41. The molecule has 0 amide bonds. The van der Waals surface area contributed by atoms with Gasteiger partial charge in [0.15, 0.2) is 0 Å². The molecule has 2 heterocycles. The molecule has 9 rings (SSSR count). The Bertz CT molecular complexity index is 2310. The zero-order valence-electron chi connectivity index (χ0n) is 26.1. The molecule has 2 heteroatoms. The zero-order chi connectivity index (χ0) is 31.0. The lowest BCUT2D eigenvalue weighted by molar-refractivity contribution is 1.13. The number of nitrogens with zero attached hydrogens (tertiary/aromatic N) is 2. The molecule has 46 heavy (non-hydrogen) atoms. The van der Waals surface area contributed by atoms with E-state index in [-0.39, 0.29) is 0 Å². The van der Waals surface area contributed by atoms with E-state index in [0.717, 1.165) is 11.4 Å². The average molecular weight is 591 g/mol. The van der Waals surface area contributed by atoms with Gasteiger partial charge >= 0.3 is 0 Å². The van der Waals surface area contributed by atoms with Crippen LogP contribution in [0.5, 0.6) is 0 Å². The number of aromatic nitrogens is 2. The fourth-order valence-electron chi connectivity index (χ4n) is 6.89. The summed E-state index contributed by atoms with van der Waals surface area (Å²) in [7, 11) is 0. The van der Waals surface area contributed by atoms with E-state index >= 15 is 0 Å². The fraction of sp³-hybridized carbons (Fsp3) is 0.0455. The molecule has 2 aromatic heterocycles. The van der Waals surface area contributed by atoms with Gasteiger partial charge in [-0.15, -0.1) is 0 Å². The minimum absolute atomic E-state index is 1.15. The Hall–Kier alpha value is -5.86. The highest BCUT2D eigenvalue weighted by molar-refractivity contribution is 6.12. The van der Waals surface area contributed by atoms with E-state index in [1.807, 2.05) is 13.8 Å². The first-order valence-electron chi connectivity index (χ1n) is 16.1. The van der Waals surface area contributed by atoms with Crippen LogP contribution in [0, 0.1) is 0 Å². The van der Waals surface area contributed by atoms with Crippen molar-refractivity contribution in [3.8, 4) is 33.6 Å². The second-order valence-electron chi connectivity index (χ2n) is 11.4. The van der Waals surface area contributed by atoms with Crippen molar-refractivity contribution in [3.63, 3.8) is 0 Å². The Kier molecular flexibility index (Phi) is 6.96. The summed E-state index contributed by atoms with van der Waals surface area (Å²) in [5, 5.41) is 5.04. The minimum Gasteiger partial charge on any atom is -0.309 e. The van der Waals surface area contributed by atoms with E-state index in [0.29, 0.717) is 0 Å². The molecule has 0 saturated heterocycles. The zero-order valence-corrected chi connectivity index (χ0v) is 26.1. The number of para-hydroxylation sites is 2. The third-order valence-corrected chi connectivity index (χ3v) is 8.91. The quantitative estimate of drug-likeness (QED) is 0.193. The second-order valence-corrected chi connectivity index (χ2v) is 11.4. The van der Waals surface area contributed by atoms with Gasteiger partial charge in [0.1, 0.15) is 0 Å². The molecule has 0 spiro atoms. The third-order valence-electron chi connectivity index (χ3n) is 8.91. The number of fused-ring (bicyclic) bond motifs is 6. The molecule has 0 saturated carbocycles. The number of benzene rings is 7.